The van der Waals surface area contributed by atoms with Crippen molar-refractivity contribution in [2.45, 2.75) is 12.8 Å². The lowest BCUT2D eigenvalue weighted by Gasteiger charge is -2.29. The van der Waals surface area contributed by atoms with Crippen LogP contribution in [0.5, 0.6) is 0 Å². The maximum atomic E-state index is 14.3. The predicted molar refractivity (Wildman–Crippen MR) is 85.0 cm³/mol. The van der Waals surface area contributed by atoms with E-state index in [1.807, 2.05) is 6.07 Å². The van der Waals surface area contributed by atoms with Crippen molar-refractivity contribution in [3.63, 3.8) is 0 Å². The van der Waals surface area contributed by atoms with Gasteiger partial charge in [-0.3, -0.25) is 4.90 Å². The highest BCUT2D eigenvalue weighted by Gasteiger charge is 2.15. The number of ether oxygens (including phenoxy) is 2. The molecule has 0 atom stereocenters. The Labute approximate surface area is 131 Å². The van der Waals surface area contributed by atoms with Gasteiger partial charge in [-0.25, -0.2) is 4.39 Å². The van der Waals surface area contributed by atoms with Crippen molar-refractivity contribution in [3.8, 4) is 0 Å². The quantitative estimate of drug-likeness (QED) is 0.830. The van der Waals surface area contributed by atoms with E-state index < -0.39 is 0 Å². The van der Waals surface area contributed by atoms with Gasteiger partial charge >= 0.3 is 0 Å². The van der Waals surface area contributed by atoms with Crippen LogP contribution in [0.15, 0.2) is 18.2 Å². The fraction of sp³-hybridized carbons (Fsp3) is 0.647. The van der Waals surface area contributed by atoms with E-state index in [0.717, 1.165) is 64.3 Å². The van der Waals surface area contributed by atoms with Crippen molar-refractivity contribution in [3.05, 3.63) is 29.6 Å². The molecule has 2 saturated heterocycles. The van der Waals surface area contributed by atoms with E-state index in [2.05, 4.69) is 15.9 Å². The van der Waals surface area contributed by atoms with E-state index >= 15 is 0 Å². The van der Waals surface area contributed by atoms with E-state index in [9.17, 15) is 4.39 Å². The highest BCUT2D eigenvalue weighted by atomic mass is 19.1. The third-order valence-electron chi connectivity index (χ3n) is 4.41. The molecular weight excluding hydrogens is 283 g/mol. The minimum Gasteiger partial charge on any atom is -0.379 e. The Morgan fingerprint density at radius 1 is 0.955 bits per heavy atom. The van der Waals surface area contributed by atoms with Crippen molar-refractivity contribution in [2.24, 2.45) is 0 Å². The van der Waals surface area contributed by atoms with Crippen molar-refractivity contribution >= 4 is 5.69 Å². The summed E-state index contributed by atoms with van der Waals surface area (Å²) in [7, 11) is 0. The lowest BCUT2D eigenvalue weighted by atomic mass is 10.1. The average Bonchev–Trinajstić information content (AvgIpc) is 2.57. The molecule has 2 aliphatic heterocycles. The molecule has 2 heterocycles. The number of anilines is 1. The predicted octanol–water partition coefficient (Wildman–Crippen LogP) is 1.93. The highest BCUT2D eigenvalue weighted by molar-refractivity contribution is 5.49. The molecule has 2 fully saturated rings. The summed E-state index contributed by atoms with van der Waals surface area (Å²) < 4.78 is 25.0. The third kappa shape index (κ3) is 4.18. The number of aryl methyl sites for hydroxylation is 1. The molecule has 122 valence electrons. The Morgan fingerprint density at radius 3 is 2.32 bits per heavy atom. The largest absolute Gasteiger partial charge is 0.379 e. The topological polar surface area (TPSA) is 24.9 Å². The molecule has 2 aliphatic rings. The van der Waals surface area contributed by atoms with Crippen LogP contribution in [0.4, 0.5) is 10.1 Å². The first-order chi connectivity index (χ1) is 10.8. The maximum Gasteiger partial charge on any atom is 0.146 e. The summed E-state index contributed by atoms with van der Waals surface area (Å²) in [5.74, 6) is -0.106. The fourth-order valence-electron chi connectivity index (χ4n) is 3.10. The first-order valence-corrected chi connectivity index (χ1v) is 8.24. The molecule has 0 radical (unpaired) electrons. The first-order valence-electron chi connectivity index (χ1n) is 8.24. The van der Waals surface area contributed by atoms with Gasteiger partial charge in [-0.1, -0.05) is 6.07 Å². The Bertz CT molecular complexity index is 472. The molecule has 0 aliphatic carbocycles. The summed E-state index contributed by atoms with van der Waals surface area (Å²) in [4.78, 5) is 4.48. The highest BCUT2D eigenvalue weighted by Crippen LogP contribution is 2.22. The number of morpholine rings is 2. The van der Waals surface area contributed by atoms with Crippen LogP contribution < -0.4 is 4.90 Å². The summed E-state index contributed by atoms with van der Waals surface area (Å²) in [6.45, 7) is 7.68. The van der Waals surface area contributed by atoms with Crippen LogP contribution in [0.25, 0.3) is 0 Å². The standard InChI is InChI=1S/C17H25FN2O2/c18-16-14-15(2-1-5-19-6-10-21-11-7-19)3-4-17(16)20-8-12-22-13-9-20/h3-4,14H,1-2,5-13H2. The molecule has 0 bridgehead atoms. The van der Waals surface area contributed by atoms with E-state index in [-0.39, 0.29) is 5.82 Å². The minimum absolute atomic E-state index is 0.106. The van der Waals surface area contributed by atoms with Crippen LogP contribution in [-0.4, -0.2) is 64.1 Å². The average molecular weight is 308 g/mol. The number of hydrogen-bond donors (Lipinski definition) is 0. The van der Waals surface area contributed by atoms with Crippen molar-refractivity contribution in [1.29, 1.82) is 0 Å². The molecule has 1 aromatic carbocycles. The SMILES string of the molecule is Fc1cc(CCCN2CCOCC2)ccc1N1CCOCC1. The molecule has 0 N–H and O–H groups in total. The van der Waals surface area contributed by atoms with Crippen LogP contribution in [0, 0.1) is 5.82 Å². The van der Waals surface area contributed by atoms with E-state index in [0.29, 0.717) is 18.9 Å². The molecule has 0 unspecified atom stereocenters. The summed E-state index contributed by atoms with van der Waals surface area (Å²) >= 11 is 0. The van der Waals surface area contributed by atoms with Gasteiger partial charge in [-0.2, -0.15) is 0 Å². The molecule has 5 heteroatoms. The molecule has 0 amide bonds. The zero-order valence-corrected chi connectivity index (χ0v) is 13.1. The van der Waals surface area contributed by atoms with Gasteiger partial charge in [0.25, 0.3) is 0 Å². The maximum absolute atomic E-state index is 14.3. The Kier molecular flexibility index (Phi) is 5.64. The van der Waals surface area contributed by atoms with Crippen LogP contribution in [-0.2, 0) is 15.9 Å². The second kappa shape index (κ2) is 7.90. The molecule has 1 aromatic rings. The smallest absolute Gasteiger partial charge is 0.146 e. The Balaban J connectivity index is 1.50. The monoisotopic (exact) mass is 308 g/mol. The van der Waals surface area contributed by atoms with Gasteiger partial charge in [0.15, 0.2) is 0 Å². The molecule has 0 saturated carbocycles. The normalized spacial score (nSPS) is 20.3. The van der Waals surface area contributed by atoms with Gasteiger partial charge in [-0.05, 0) is 37.1 Å². The first kappa shape index (κ1) is 15.7. The lowest BCUT2D eigenvalue weighted by Crippen LogP contribution is -2.37. The fourth-order valence-corrected chi connectivity index (χ4v) is 3.10. The van der Waals surface area contributed by atoms with E-state index in [1.54, 1.807) is 6.07 Å². The third-order valence-corrected chi connectivity index (χ3v) is 4.41. The van der Waals surface area contributed by atoms with Gasteiger partial charge in [0.2, 0.25) is 0 Å². The van der Waals surface area contributed by atoms with Crippen molar-refractivity contribution in [1.82, 2.24) is 4.90 Å². The summed E-state index contributed by atoms with van der Waals surface area (Å²) in [5, 5.41) is 0. The zero-order valence-electron chi connectivity index (χ0n) is 13.1. The molecule has 22 heavy (non-hydrogen) atoms. The summed E-state index contributed by atoms with van der Waals surface area (Å²) in [5.41, 5.74) is 1.79. The van der Waals surface area contributed by atoms with Crippen LogP contribution in [0.2, 0.25) is 0 Å². The second-order valence-corrected chi connectivity index (χ2v) is 5.94. The molecule has 0 spiro atoms. The number of rotatable bonds is 5. The summed E-state index contributed by atoms with van der Waals surface area (Å²) in [6, 6.07) is 5.68. The van der Waals surface area contributed by atoms with Crippen LogP contribution >= 0.6 is 0 Å². The van der Waals surface area contributed by atoms with Crippen LogP contribution in [0.1, 0.15) is 12.0 Å². The number of nitrogens with zero attached hydrogens (tertiary/aromatic N) is 2. The molecular formula is C17H25FN2O2. The Hall–Kier alpha value is -1.17. The van der Waals surface area contributed by atoms with Gasteiger partial charge in [0.05, 0.1) is 32.1 Å². The molecule has 4 nitrogen and oxygen atoms in total. The molecule has 0 aromatic heterocycles. The molecule has 3 rings (SSSR count). The second-order valence-electron chi connectivity index (χ2n) is 5.94. The number of hydrogen-bond acceptors (Lipinski definition) is 4. The van der Waals surface area contributed by atoms with Gasteiger partial charge in [0.1, 0.15) is 5.82 Å². The number of halogens is 1. The summed E-state index contributed by atoms with van der Waals surface area (Å²) in [6.07, 6.45) is 1.99. The van der Waals surface area contributed by atoms with Crippen molar-refractivity contribution < 1.29 is 13.9 Å². The van der Waals surface area contributed by atoms with E-state index in [4.69, 9.17) is 9.47 Å². The number of benzene rings is 1. The van der Waals surface area contributed by atoms with Gasteiger partial charge < -0.3 is 14.4 Å². The van der Waals surface area contributed by atoms with Gasteiger partial charge in [0, 0.05) is 26.2 Å². The van der Waals surface area contributed by atoms with E-state index in [1.165, 1.54) is 0 Å². The lowest BCUT2D eigenvalue weighted by molar-refractivity contribution is 0.0374. The zero-order chi connectivity index (χ0) is 15.2. The van der Waals surface area contributed by atoms with Crippen molar-refractivity contribution in [2.75, 3.05) is 64.1 Å². The van der Waals surface area contributed by atoms with Crippen LogP contribution in [0.3, 0.4) is 0 Å². The Morgan fingerprint density at radius 2 is 1.64 bits per heavy atom. The minimum atomic E-state index is -0.106. The van der Waals surface area contributed by atoms with Gasteiger partial charge in [-0.15, -0.1) is 0 Å².